The lowest BCUT2D eigenvalue weighted by atomic mass is 9.86. The van der Waals surface area contributed by atoms with Gasteiger partial charge in [-0.25, -0.2) is 8.42 Å². The first-order chi connectivity index (χ1) is 15.8. The Morgan fingerprint density at radius 1 is 0.971 bits per heavy atom. The van der Waals surface area contributed by atoms with E-state index in [2.05, 4.69) is 50.4 Å². The number of amides is 1. The van der Waals surface area contributed by atoms with Gasteiger partial charge in [0, 0.05) is 5.56 Å². The second-order valence-corrected chi connectivity index (χ2v) is 11.8. The molecule has 0 aromatic heterocycles. The Morgan fingerprint density at radius 2 is 1.59 bits per heavy atom. The molecule has 0 saturated heterocycles. The molecule has 0 radical (unpaired) electrons. The second kappa shape index (κ2) is 10.0. The maximum Gasteiger partial charge on any atom is 0.251 e. The molecule has 3 aromatic carbocycles. The van der Waals surface area contributed by atoms with Crippen LogP contribution in [-0.2, 0) is 22.0 Å². The zero-order chi connectivity index (χ0) is 25.1. The van der Waals surface area contributed by atoms with Gasteiger partial charge < -0.3 is 5.32 Å². The molecule has 5 nitrogen and oxygen atoms in total. The Labute approximate surface area is 203 Å². The molecule has 0 aliphatic carbocycles. The number of aryl methyl sites for hydroxylation is 1. The molecule has 0 aliphatic rings. The van der Waals surface area contributed by atoms with E-state index >= 15 is 0 Å². The molecular formula is C28H34N2O3S. The minimum absolute atomic E-state index is 0.0821. The van der Waals surface area contributed by atoms with Crippen LogP contribution in [0.2, 0.25) is 0 Å². The fourth-order valence-corrected chi connectivity index (χ4v) is 4.63. The largest absolute Gasteiger partial charge is 0.346 e. The number of hydrogen-bond acceptors (Lipinski definition) is 3. The van der Waals surface area contributed by atoms with E-state index in [0.29, 0.717) is 11.3 Å². The molecule has 0 aliphatic heterocycles. The van der Waals surface area contributed by atoms with Gasteiger partial charge in [-0.1, -0.05) is 69.3 Å². The number of benzene rings is 3. The van der Waals surface area contributed by atoms with Crippen LogP contribution in [0.4, 0.5) is 5.69 Å². The Morgan fingerprint density at radius 3 is 2.12 bits per heavy atom. The van der Waals surface area contributed by atoms with Gasteiger partial charge in [-0.05, 0) is 65.8 Å². The lowest BCUT2D eigenvalue weighted by molar-refractivity contribution is 0.0940. The summed E-state index contributed by atoms with van der Waals surface area (Å²) < 4.78 is 26.2. The minimum atomic E-state index is -3.46. The zero-order valence-corrected chi connectivity index (χ0v) is 21.6. The number of nitrogens with one attached hydrogen (secondary N) is 1. The smallest absolute Gasteiger partial charge is 0.251 e. The van der Waals surface area contributed by atoms with Crippen LogP contribution in [0.1, 0.15) is 66.3 Å². The Hall–Kier alpha value is -3.12. The summed E-state index contributed by atoms with van der Waals surface area (Å²) in [6, 6.07) is 22.6. The van der Waals surface area contributed by atoms with Gasteiger partial charge in [-0.2, -0.15) is 0 Å². The predicted molar refractivity (Wildman–Crippen MR) is 140 cm³/mol. The molecule has 0 heterocycles. The lowest BCUT2D eigenvalue weighted by Gasteiger charge is -2.23. The van der Waals surface area contributed by atoms with Gasteiger partial charge in [0.15, 0.2) is 0 Å². The molecular weight excluding hydrogens is 444 g/mol. The standard InChI is InChI=1S/C28H34N2O3S/c1-20-8-7-9-26(18-20)30(34(6,32)33)19-22-10-12-24(13-11-22)27(31)29-21(2)23-14-16-25(17-15-23)28(3,4)5/h7-18,21H,19H2,1-6H3,(H,29,31)/t21-/m1/s1. The van der Waals surface area contributed by atoms with Crippen LogP contribution in [0.5, 0.6) is 0 Å². The van der Waals surface area contributed by atoms with Crippen LogP contribution in [0.3, 0.4) is 0 Å². The number of sulfonamides is 1. The first-order valence-electron chi connectivity index (χ1n) is 11.4. The Balaban J connectivity index is 1.70. The summed E-state index contributed by atoms with van der Waals surface area (Å²) in [5.41, 5.74) is 5.31. The molecule has 0 bridgehead atoms. The third-order valence-electron chi connectivity index (χ3n) is 5.86. The van der Waals surface area contributed by atoms with Crippen molar-refractivity contribution in [3.8, 4) is 0 Å². The zero-order valence-electron chi connectivity index (χ0n) is 20.8. The maximum absolute atomic E-state index is 12.8. The van der Waals surface area contributed by atoms with E-state index in [9.17, 15) is 13.2 Å². The van der Waals surface area contributed by atoms with Crippen molar-refractivity contribution in [2.75, 3.05) is 10.6 Å². The fraction of sp³-hybridized carbons (Fsp3) is 0.321. The van der Waals surface area contributed by atoms with Crippen molar-refractivity contribution < 1.29 is 13.2 Å². The van der Waals surface area contributed by atoms with Gasteiger partial charge in [0.2, 0.25) is 10.0 Å². The molecule has 3 aromatic rings. The molecule has 0 fully saturated rings. The van der Waals surface area contributed by atoms with Gasteiger partial charge in [0.25, 0.3) is 5.91 Å². The van der Waals surface area contributed by atoms with E-state index in [4.69, 9.17) is 0 Å². The van der Waals surface area contributed by atoms with E-state index in [-0.39, 0.29) is 23.9 Å². The highest BCUT2D eigenvalue weighted by atomic mass is 32.2. The van der Waals surface area contributed by atoms with Crippen LogP contribution < -0.4 is 9.62 Å². The summed E-state index contributed by atoms with van der Waals surface area (Å²) >= 11 is 0. The number of hydrogen-bond donors (Lipinski definition) is 1. The fourth-order valence-electron chi connectivity index (χ4n) is 3.75. The van der Waals surface area contributed by atoms with Crippen molar-refractivity contribution in [1.29, 1.82) is 0 Å². The van der Waals surface area contributed by atoms with E-state index in [1.165, 1.54) is 16.1 Å². The molecule has 34 heavy (non-hydrogen) atoms. The van der Waals surface area contributed by atoms with Crippen LogP contribution in [0.15, 0.2) is 72.8 Å². The summed E-state index contributed by atoms with van der Waals surface area (Å²) in [6.07, 6.45) is 1.20. The van der Waals surface area contributed by atoms with Gasteiger partial charge in [0.1, 0.15) is 0 Å². The van der Waals surface area contributed by atoms with E-state index in [1.54, 1.807) is 30.3 Å². The molecule has 1 amide bonds. The third-order valence-corrected chi connectivity index (χ3v) is 7.00. The molecule has 180 valence electrons. The van der Waals surface area contributed by atoms with Gasteiger partial charge in [-0.15, -0.1) is 0 Å². The third kappa shape index (κ3) is 6.48. The minimum Gasteiger partial charge on any atom is -0.346 e. The van der Waals surface area contributed by atoms with E-state index in [0.717, 1.165) is 16.7 Å². The van der Waals surface area contributed by atoms with Gasteiger partial charge >= 0.3 is 0 Å². The average Bonchev–Trinajstić information content (AvgIpc) is 2.76. The van der Waals surface area contributed by atoms with Crippen LogP contribution >= 0.6 is 0 Å². The summed E-state index contributed by atoms with van der Waals surface area (Å²) in [6.45, 7) is 10.6. The molecule has 3 rings (SSSR count). The highest BCUT2D eigenvalue weighted by Crippen LogP contribution is 2.25. The quantitative estimate of drug-likeness (QED) is 0.470. The summed E-state index contributed by atoms with van der Waals surface area (Å²) in [5.74, 6) is -0.169. The lowest BCUT2D eigenvalue weighted by Crippen LogP contribution is -2.29. The number of anilines is 1. The number of carbonyl (C=O) groups excluding carboxylic acids is 1. The van der Waals surface area contributed by atoms with Crippen molar-refractivity contribution in [1.82, 2.24) is 5.32 Å². The first-order valence-corrected chi connectivity index (χ1v) is 13.2. The molecule has 0 saturated carbocycles. The monoisotopic (exact) mass is 478 g/mol. The highest BCUT2D eigenvalue weighted by molar-refractivity contribution is 7.92. The highest BCUT2D eigenvalue weighted by Gasteiger charge is 2.19. The van der Waals surface area contributed by atoms with Crippen molar-refractivity contribution in [3.05, 3.63) is 101 Å². The molecule has 0 spiro atoms. The number of carbonyl (C=O) groups is 1. The summed E-state index contributed by atoms with van der Waals surface area (Å²) in [4.78, 5) is 12.8. The van der Waals surface area contributed by atoms with E-state index in [1.807, 2.05) is 32.0 Å². The average molecular weight is 479 g/mol. The predicted octanol–water partition coefficient (Wildman–Crippen LogP) is 5.75. The van der Waals surface area contributed by atoms with Crippen molar-refractivity contribution >= 4 is 21.6 Å². The topological polar surface area (TPSA) is 66.5 Å². The van der Waals surface area contributed by atoms with Crippen molar-refractivity contribution in [2.45, 2.75) is 52.6 Å². The Bertz CT molecular complexity index is 1240. The van der Waals surface area contributed by atoms with Crippen LogP contribution in [0.25, 0.3) is 0 Å². The molecule has 0 unspecified atom stereocenters. The number of nitrogens with zero attached hydrogens (tertiary/aromatic N) is 1. The van der Waals surface area contributed by atoms with Gasteiger partial charge in [0.05, 0.1) is 24.5 Å². The Kier molecular flexibility index (Phi) is 7.51. The van der Waals surface area contributed by atoms with Crippen LogP contribution in [0, 0.1) is 6.92 Å². The maximum atomic E-state index is 12.8. The summed E-state index contributed by atoms with van der Waals surface area (Å²) in [7, 11) is -3.46. The van der Waals surface area contributed by atoms with Crippen molar-refractivity contribution in [2.24, 2.45) is 0 Å². The SMILES string of the molecule is Cc1cccc(N(Cc2ccc(C(=O)N[C@H](C)c3ccc(C(C)(C)C)cc3)cc2)S(C)(=O)=O)c1. The van der Waals surface area contributed by atoms with Gasteiger partial charge in [-0.3, -0.25) is 9.10 Å². The summed E-state index contributed by atoms with van der Waals surface area (Å²) in [5, 5.41) is 3.04. The molecule has 1 atom stereocenters. The first kappa shape index (κ1) is 25.5. The molecule has 1 N–H and O–H groups in total. The van der Waals surface area contributed by atoms with Crippen molar-refractivity contribution in [3.63, 3.8) is 0 Å². The second-order valence-electron chi connectivity index (χ2n) is 9.87. The molecule has 6 heteroatoms. The van der Waals surface area contributed by atoms with E-state index < -0.39 is 10.0 Å². The van der Waals surface area contributed by atoms with Crippen LogP contribution in [-0.4, -0.2) is 20.6 Å². The number of rotatable bonds is 7. The normalized spacial score (nSPS) is 12.8.